The predicted octanol–water partition coefficient (Wildman–Crippen LogP) is 3.40. The van der Waals surface area contributed by atoms with E-state index in [2.05, 4.69) is 32.6 Å². The molecule has 0 radical (unpaired) electrons. The van der Waals surface area contributed by atoms with Gasteiger partial charge in [-0.15, -0.1) is 0 Å². The maximum absolute atomic E-state index is 11.9. The van der Waals surface area contributed by atoms with Gasteiger partial charge < -0.3 is 9.84 Å². The van der Waals surface area contributed by atoms with Crippen molar-refractivity contribution in [1.82, 2.24) is 0 Å². The van der Waals surface area contributed by atoms with Crippen molar-refractivity contribution in [3.05, 3.63) is 35.4 Å². The molecule has 1 N–H and O–H groups in total. The van der Waals surface area contributed by atoms with Gasteiger partial charge in [0.2, 0.25) is 0 Å². The van der Waals surface area contributed by atoms with E-state index in [9.17, 15) is 9.90 Å². The average Bonchev–Trinajstić information content (AvgIpc) is 3.01. The van der Waals surface area contributed by atoms with E-state index < -0.39 is 11.6 Å². The lowest BCUT2D eigenvalue weighted by Gasteiger charge is -2.47. The number of ether oxygens (including phenoxy) is 1. The molecule has 3 heteroatoms. The summed E-state index contributed by atoms with van der Waals surface area (Å²) in [5.41, 5.74) is -0.402. The lowest BCUT2D eigenvalue weighted by molar-refractivity contribution is -0.0953. The normalized spacial score (nSPS) is 33.9. The van der Waals surface area contributed by atoms with E-state index in [1.165, 1.54) is 7.11 Å². The van der Waals surface area contributed by atoms with Crippen LogP contribution in [-0.4, -0.2) is 23.8 Å². The van der Waals surface area contributed by atoms with Gasteiger partial charge >= 0.3 is 5.97 Å². The maximum atomic E-state index is 11.9. The summed E-state index contributed by atoms with van der Waals surface area (Å²) in [7, 11) is 1.36. The molecule has 3 rings (SSSR count). The van der Waals surface area contributed by atoms with Crippen LogP contribution in [0, 0.1) is 28.6 Å². The molecule has 0 aliphatic heterocycles. The van der Waals surface area contributed by atoms with Crippen molar-refractivity contribution in [2.24, 2.45) is 16.7 Å². The number of carbonyl (C=O) groups is 1. The van der Waals surface area contributed by atoms with Crippen LogP contribution >= 0.6 is 0 Å². The summed E-state index contributed by atoms with van der Waals surface area (Å²) >= 11 is 0. The van der Waals surface area contributed by atoms with Crippen LogP contribution in [0.25, 0.3) is 0 Å². The third-order valence-electron chi connectivity index (χ3n) is 6.28. The zero-order valence-corrected chi connectivity index (χ0v) is 14.3. The van der Waals surface area contributed by atoms with Crippen LogP contribution in [0.3, 0.4) is 0 Å². The second kappa shape index (κ2) is 5.11. The largest absolute Gasteiger partial charge is 0.465 e. The van der Waals surface area contributed by atoms with Gasteiger partial charge in [-0.05, 0) is 37.3 Å². The van der Waals surface area contributed by atoms with E-state index in [-0.39, 0.29) is 10.8 Å². The minimum absolute atomic E-state index is 0.172. The highest BCUT2D eigenvalue weighted by Crippen LogP contribution is 2.67. The number of methoxy groups -OCH3 is 1. The lowest BCUT2D eigenvalue weighted by atomic mass is 9.60. The first kappa shape index (κ1) is 16.1. The molecule has 0 amide bonds. The number of benzene rings is 1. The molecule has 1 aromatic carbocycles. The first-order chi connectivity index (χ1) is 10.7. The van der Waals surface area contributed by atoms with Crippen LogP contribution in [0.4, 0.5) is 0 Å². The van der Waals surface area contributed by atoms with E-state index >= 15 is 0 Å². The van der Waals surface area contributed by atoms with Crippen LogP contribution in [0.15, 0.2) is 24.3 Å². The predicted molar refractivity (Wildman–Crippen MR) is 88.8 cm³/mol. The average molecular weight is 312 g/mol. The summed E-state index contributed by atoms with van der Waals surface area (Å²) in [6.45, 7) is 6.37. The summed E-state index contributed by atoms with van der Waals surface area (Å²) in [4.78, 5) is 11.9. The Morgan fingerprint density at radius 1 is 1.30 bits per heavy atom. The Labute approximate surface area is 138 Å². The molecule has 1 aromatic rings. The Hall–Kier alpha value is -1.79. The van der Waals surface area contributed by atoms with Gasteiger partial charge in [0.25, 0.3) is 0 Å². The second-order valence-corrected chi connectivity index (χ2v) is 7.72. The van der Waals surface area contributed by atoms with Crippen molar-refractivity contribution < 1.29 is 14.6 Å². The van der Waals surface area contributed by atoms with Gasteiger partial charge in [-0.2, -0.15) is 0 Å². The fourth-order valence-corrected chi connectivity index (χ4v) is 4.61. The monoisotopic (exact) mass is 312 g/mol. The Morgan fingerprint density at radius 3 is 2.61 bits per heavy atom. The van der Waals surface area contributed by atoms with E-state index in [1.807, 2.05) is 6.07 Å². The highest BCUT2D eigenvalue weighted by atomic mass is 16.5. The molecule has 2 aliphatic rings. The number of rotatable bonds is 1. The Kier molecular flexibility index (Phi) is 3.57. The molecule has 3 nitrogen and oxygen atoms in total. The molecular weight excluding hydrogens is 288 g/mol. The highest BCUT2D eigenvalue weighted by Gasteiger charge is 2.68. The standard InChI is InChI=1S/C20H24O3/c1-18(2)15-10-11-19(3,13-15)20(18,22)12-9-14-7-5-6-8-16(14)17(21)23-4/h5-8,15,22H,10-11,13H2,1-4H3. The minimum atomic E-state index is -1.04. The minimum Gasteiger partial charge on any atom is -0.465 e. The summed E-state index contributed by atoms with van der Waals surface area (Å²) in [6.07, 6.45) is 3.18. The highest BCUT2D eigenvalue weighted by molar-refractivity contribution is 5.92. The lowest BCUT2D eigenvalue weighted by Crippen LogP contribution is -2.53. The zero-order chi connectivity index (χ0) is 16.9. The van der Waals surface area contributed by atoms with E-state index in [0.717, 1.165) is 19.3 Å². The zero-order valence-electron chi connectivity index (χ0n) is 14.3. The third-order valence-corrected chi connectivity index (χ3v) is 6.28. The fourth-order valence-electron chi connectivity index (χ4n) is 4.61. The molecule has 2 saturated carbocycles. The molecular formula is C20H24O3. The number of hydrogen-bond donors (Lipinski definition) is 1. The molecule has 23 heavy (non-hydrogen) atoms. The topological polar surface area (TPSA) is 46.5 Å². The van der Waals surface area contributed by atoms with Crippen molar-refractivity contribution in [2.75, 3.05) is 7.11 Å². The van der Waals surface area contributed by atoms with Gasteiger partial charge in [0.1, 0.15) is 5.60 Å². The van der Waals surface area contributed by atoms with Crippen molar-refractivity contribution in [1.29, 1.82) is 0 Å². The molecule has 2 fully saturated rings. The molecule has 0 heterocycles. The molecule has 2 aliphatic carbocycles. The molecule has 0 aromatic heterocycles. The number of aliphatic hydroxyl groups is 1. The Balaban J connectivity index is 2.04. The first-order valence-electron chi connectivity index (χ1n) is 8.18. The van der Waals surface area contributed by atoms with Gasteiger partial charge in [0.05, 0.1) is 12.7 Å². The second-order valence-electron chi connectivity index (χ2n) is 7.72. The van der Waals surface area contributed by atoms with Crippen molar-refractivity contribution in [2.45, 2.75) is 45.6 Å². The van der Waals surface area contributed by atoms with Gasteiger partial charge in [0, 0.05) is 16.4 Å². The summed E-state index contributed by atoms with van der Waals surface area (Å²) < 4.78 is 4.81. The summed E-state index contributed by atoms with van der Waals surface area (Å²) in [5.74, 6) is 6.33. The SMILES string of the molecule is COC(=O)c1ccccc1C#CC1(O)C2(C)CCC(C2)C1(C)C. The smallest absolute Gasteiger partial charge is 0.339 e. The van der Waals surface area contributed by atoms with Crippen LogP contribution < -0.4 is 0 Å². The van der Waals surface area contributed by atoms with Crippen LogP contribution in [-0.2, 0) is 4.74 Å². The Bertz CT molecular complexity index is 702. The molecule has 3 unspecified atom stereocenters. The molecule has 122 valence electrons. The maximum Gasteiger partial charge on any atom is 0.339 e. The molecule has 0 saturated heterocycles. The third kappa shape index (κ3) is 2.12. The molecule has 0 spiro atoms. The van der Waals surface area contributed by atoms with Gasteiger partial charge in [-0.1, -0.05) is 44.7 Å². The van der Waals surface area contributed by atoms with Gasteiger partial charge in [0.15, 0.2) is 0 Å². The number of hydrogen-bond acceptors (Lipinski definition) is 3. The first-order valence-corrected chi connectivity index (χ1v) is 8.18. The number of esters is 1. The number of fused-ring (bicyclic) bond motifs is 2. The van der Waals surface area contributed by atoms with Crippen molar-refractivity contribution in [3.63, 3.8) is 0 Å². The van der Waals surface area contributed by atoms with E-state index in [1.54, 1.807) is 18.2 Å². The fraction of sp³-hybridized carbons (Fsp3) is 0.550. The summed E-state index contributed by atoms with van der Waals surface area (Å²) in [5, 5.41) is 11.4. The van der Waals surface area contributed by atoms with Crippen molar-refractivity contribution >= 4 is 5.97 Å². The van der Waals surface area contributed by atoms with E-state index in [0.29, 0.717) is 17.0 Å². The van der Waals surface area contributed by atoms with Crippen LogP contribution in [0.5, 0.6) is 0 Å². The number of carbonyl (C=O) groups excluding carboxylic acids is 1. The molecule has 2 bridgehead atoms. The van der Waals surface area contributed by atoms with Gasteiger partial charge in [-0.25, -0.2) is 4.79 Å². The van der Waals surface area contributed by atoms with Crippen LogP contribution in [0.2, 0.25) is 0 Å². The van der Waals surface area contributed by atoms with E-state index in [4.69, 9.17) is 4.74 Å². The molecule has 3 atom stereocenters. The van der Waals surface area contributed by atoms with Crippen molar-refractivity contribution in [3.8, 4) is 11.8 Å². The quantitative estimate of drug-likeness (QED) is 0.638. The van der Waals surface area contributed by atoms with Crippen LogP contribution in [0.1, 0.15) is 56.0 Å². The Morgan fingerprint density at radius 2 is 2.00 bits per heavy atom. The van der Waals surface area contributed by atoms with Gasteiger partial charge in [-0.3, -0.25) is 0 Å². The summed E-state index contributed by atoms with van der Waals surface area (Å²) in [6, 6.07) is 7.13.